The number of hydrogen-bond donors (Lipinski definition) is 1. The molecule has 4 rings (SSSR count). The summed E-state index contributed by atoms with van der Waals surface area (Å²) in [5.41, 5.74) is 2.42. The summed E-state index contributed by atoms with van der Waals surface area (Å²) < 4.78 is 25.5. The van der Waals surface area contributed by atoms with Crippen LogP contribution in [0.15, 0.2) is 36.7 Å². The molecule has 0 aliphatic carbocycles. The number of nitrogens with one attached hydrogen (secondary N) is 1. The number of ether oxygens (including phenoxy) is 2. The Hall–Kier alpha value is -2.82. The molecule has 174 valence electrons. The third kappa shape index (κ3) is 5.40. The van der Waals surface area contributed by atoms with Gasteiger partial charge in [0.25, 0.3) is 0 Å². The molecule has 0 unspecified atom stereocenters. The second kappa shape index (κ2) is 10.4. The van der Waals surface area contributed by atoms with E-state index in [0.29, 0.717) is 70.7 Å². The number of hydrogen-bond acceptors (Lipinski definition) is 7. The third-order valence-electron chi connectivity index (χ3n) is 5.10. The first-order valence-electron chi connectivity index (χ1n) is 10.5. The van der Waals surface area contributed by atoms with Gasteiger partial charge in [-0.3, -0.25) is 4.68 Å². The zero-order valence-electron chi connectivity index (χ0n) is 18.3. The molecule has 1 aromatic carbocycles. The van der Waals surface area contributed by atoms with Gasteiger partial charge in [-0.25, -0.2) is 14.4 Å². The summed E-state index contributed by atoms with van der Waals surface area (Å²) in [5.74, 6) is 0.659. The molecule has 1 aliphatic heterocycles. The molecule has 0 bridgehead atoms. The highest BCUT2D eigenvalue weighted by Crippen LogP contribution is 2.29. The van der Waals surface area contributed by atoms with E-state index in [4.69, 9.17) is 33.3 Å². The Balaban J connectivity index is 1.58. The van der Waals surface area contributed by atoms with Crippen LogP contribution < -0.4 is 10.1 Å². The first kappa shape index (κ1) is 23.3. The molecular formula is C22H24ClFN6O2S. The minimum absolute atomic E-state index is 0.216. The van der Waals surface area contributed by atoms with E-state index in [2.05, 4.69) is 20.4 Å². The lowest BCUT2D eigenvalue weighted by Crippen LogP contribution is -2.40. The Bertz CT molecular complexity index is 1140. The monoisotopic (exact) mass is 490 g/mol. The Morgan fingerprint density at radius 1 is 1.30 bits per heavy atom. The van der Waals surface area contributed by atoms with Crippen molar-refractivity contribution in [3.63, 3.8) is 0 Å². The summed E-state index contributed by atoms with van der Waals surface area (Å²) in [7, 11) is 0. The molecule has 1 aliphatic rings. The summed E-state index contributed by atoms with van der Waals surface area (Å²) in [5, 5.41) is 8.04. The van der Waals surface area contributed by atoms with Gasteiger partial charge in [0.2, 0.25) is 12.8 Å². The molecule has 0 atom stereocenters. The molecule has 33 heavy (non-hydrogen) atoms. The Kier molecular flexibility index (Phi) is 7.36. The summed E-state index contributed by atoms with van der Waals surface area (Å²) in [6.07, 6.45) is 3.39. The summed E-state index contributed by atoms with van der Waals surface area (Å²) >= 11 is 11.9. The van der Waals surface area contributed by atoms with Gasteiger partial charge in [0, 0.05) is 37.1 Å². The minimum Gasteiger partial charge on any atom is -0.462 e. The standard InChI is InChI=1S/C22H24ClFN6O2S/c1-14(2)30-6-5-18(28-30)20-17(23)12-25-22(27-20)26-15-3-4-16(19(11-15)32-13-24)21(33)29-7-9-31-10-8-29/h3-6,11-12,14H,7-10,13H2,1-2H3,(H,25,26,27). The summed E-state index contributed by atoms with van der Waals surface area (Å²) in [4.78, 5) is 11.4. The van der Waals surface area contributed by atoms with Crippen LogP contribution in [0.5, 0.6) is 5.75 Å². The van der Waals surface area contributed by atoms with Crippen molar-refractivity contribution in [2.24, 2.45) is 0 Å². The number of morpholine rings is 1. The molecule has 1 fully saturated rings. The van der Waals surface area contributed by atoms with Crippen molar-refractivity contribution in [2.75, 3.05) is 38.5 Å². The first-order valence-corrected chi connectivity index (χ1v) is 11.3. The predicted octanol–water partition coefficient (Wildman–Crippen LogP) is 4.63. The van der Waals surface area contributed by atoms with Gasteiger partial charge >= 0.3 is 0 Å². The van der Waals surface area contributed by atoms with Gasteiger partial charge in [-0.15, -0.1) is 0 Å². The van der Waals surface area contributed by atoms with Crippen molar-refractivity contribution in [1.82, 2.24) is 24.6 Å². The van der Waals surface area contributed by atoms with Gasteiger partial charge in [-0.1, -0.05) is 23.8 Å². The molecule has 0 saturated carbocycles. The van der Waals surface area contributed by atoms with Crippen molar-refractivity contribution in [3.05, 3.63) is 47.2 Å². The molecule has 0 amide bonds. The highest BCUT2D eigenvalue weighted by molar-refractivity contribution is 7.80. The van der Waals surface area contributed by atoms with Gasteiger partial charge < -0.3 is 19.7 Å². The summed E-state index contributed by atoms with van der Waals surface area (Å²) in [6.45, 7) is 5.68. The zero-order chi connectivity index (χ0) is 23.4. The molecule has 2 aromatic heterocycles. The van der Waals surface area contributed by atoms with E-state index in [9.17, 15) is 4.39 Å². The maximum absolute atomic E-state index is 13.1. The number of nitrogens with zero attached hydrogens (tertiary/aromatic N) is 5. The van der Waals surface area contributed by atoms with E-state index in [1.807, 2.05) is 41.8 Å². The average molecular weight is 491 g/mol. The van der Waals surface area contributed by atoms with Crippen molar-refractivity contribution in [3.8, 4) is 17.1 Å². The fourth-order valence-electron chi connectivity index (χ4n) is 3.38. The van der Waals surface area contributed by atoms with Crippen LogP contribution in [0.1, 0.15) is 25.5 Å². The number of aromatic nitrogens is 4. The average Bonchev–Trinajstić information content (AvgIpc) is 3.31. The van der Waals surface area contributed by atoms with Gasteiger partial charge in [0.15, 0.2) is 0 Å². The van der Waals surface area contributed by atoms with E-state index in [-0.39, 0.29) is 6.04 Å². The molecule has 0 radical (unpaired) electrons. The quantitative estimate of drug-likeness (QED) is 0.480. The van der Waals surface area contributed by atoms with E-state index < -0.39 is 6.86 Å². The highest BCUT2D eigenvalue weighted by atomic mass is 35.5. The maximum Gasteiger partial charge on any atom is 0.228 e. The Labute approximate surface area is 201 Å². The molecular weight excluding hydrogens is 467 g/mol. The lowest BCUT2D eigenvalue weighted by molar-refractivity contribution is 0.0691. The highest BCUT2D eigenvalue weighted by Gasteiger charge is 2.19. The SMILES string of the molecule is CC(C)n1ccc(-c2nc(Nc3ccc(C(=S)N4CCOCC4)c(OCF)c3)ncc2Cl)n1. The van der Waals surface area contributed by atoms with Crippen LogP contribution in [0.3, 0.4) is 0 Å². The van der Waals surface area contributed by atoms with Crippen molar-refractivity contribution in [2.45, 2.75) is 19.9 Å². The van der Waals surface area contributed by atoms with Gasteiger partial charge in [0.1, 0.15) is 22.1 Å². The number of anilines is 2. The molecule has 3 aromatic rings. The molecule has 1 N–H and O–H groups in total. The number of benzene rings is 1. The number of rotatable bonds is 7. The number of alkyl halides is 1. The second-order valence-electron chi connectivity index (χ2n) is 7.66. The molecule has 3 heterocycles. The first-order chi connectivity index (χ1) is 16.0. The maximum atomic E-state index is 13.1. The second-order valence-corrected chi connectivity index (χ2v) is 8.45. The van der Waals surface area contributed by atoms with E-state index in [1.54, 1.807) is 12.1 Å². The van der Waals surface area contributed by atoms with Crippen LogP contribution in [0.25, 0.3) is 11.4 Å². The Morgan fingerprint density at radius 3 is 2.79 bits per heavy atom. The number of thiocarbonyl (C=S) groups is 1. The fraction of sp³-hybridized carbons (Fsp3) is 0.364. The van der Waals surface area contributed by atoms with Crippen molar-refractivity contribution < 1.29 is 13.9 Å². The summed E-state index contributed by atoms with van der Waals surface area (Å²) in [6, 6.07) is 7.36. The topological polar surface area (TPSA) is 77.3 Å². The van der Waals surface area contributed by atoms with E-state index in [1.165, 1.54) is 6.20 Å². The molecule has 1 saturated heterocycles. The largest absolute Gasteiger partial charge is 0.462 e. The van der Waals surface area contributed by atoms with Crippen LogP contribution in [-0.2, 0) is 4.74 Å². The van der Waals surface area contributed by atoms with Gasteiger partial charge in [-0.05, 0) is 32.0 Å². The van der Waals surface area contributed by atoms with Crippen molar-refractivity contribution in [1.29, 1.82) is 0 Å². The number of halogens is 2. The minimum atomic E-state index is -0.970. The normalized spacial score (nSPS) is 13.9. The van der Waals surface area contributed by atoms with Crippen LogP contribution in [0.2, 0.25) is 5.02 Å². The smallest absolute Gasteiger partial charge is 0.228 e. The fourth-order valence-corrected chi connectivity index (χ4v) is 3.92. The van der Waals surface area contributed by atoms with E-state index in [0.717, 1.165) is 0 Å². The van der Waals surface area contributed by atoms with Gasteiger partial charge in [0.05, 0.1) is 30.0 Å². The van der Waals surface area contributed by atoms with Gasteiger partial charge in [-0.2, -0.15) is 5.10 Å². The van der Waals surface area contributed by atoms with Crippen LogP contribution >= 0.6 is 23.8 Å². The lowest BCUT2D eigenvalue weighted by Gasteiger charge is -2.29. The molecule has 11 heteroatoms. The van der Waals surface area contributed by atoms with E-state index >= 15 is 0 Å². The molecule has 0 spiro atoms. The lowest BCUT2D eigenvalue weighted by atomic mass is 10.1. The van der Waals surface area contributed by atoms with Crippen LogP contribution in [-0.4, -0.2) is 62.8 Å². The van der Waals surface area contributed by atoms with Crippen LogP contribution in [0.4, 0.5) is 16.0 Å². The molecule has 8 nitrogen and oxygen atoms in total. The predicted molar refractivity (Wildman–Crippen MR) is 129 cm³/mol. The van der Waals surface area contributed by atoms with Crippen molar-refractivity contribution >= 4 is 40.4 Å². The van der Waals surface area contributed by atoms with Crippen LogP contribution in [0, 0.1) is 0 Å². The third-order valence-corrected chi connectivity index (χ3v) is 5.86. The Morgan fingerprint density at radius 2 is 2.09 bits per heavy atom. The zero-order valence-corrected chi connectivity index (χ0v) is 19.9.